The number of amides is 1. The molecule has 1 amide bonds. The lowest BCUT2D eigenvalue weighted by Gasteiger charge is -2.06. The molecule has 0 fully saturated rings. The predicted octanol–water partition coefficient (Wildman–Crippen LogP) is 0.0688. The van der Waals surface area contributed by atoms with Gasteiger partial charge in [-0.2, -0.15) is 0 Å². The van der Waals surface area contributed by atoms with Gasteiger partial charge in [-0.05, 0) is 12.1 Å². The highest BCUT2D eigenvalue weighted by Gasteiger charge is 2.08. The minimum Gasteiger partial charge on any atom is -0.507 e. The number of rotatable bonds is 4. The van der Waals surface area contributed by atoms with Crippen molar-refractivity contribution in [2.45, 2.75) is 0 Å². The van der Waals surface area contributed by atoms with Gasteiger partial charge in [-0.1, -0.05) is 6.07 Å². The molecule has 0 aromatic heterocycles. The summed E-state index contributed by atoms with van der Waals surface area (Å²) in [5.41, 5.74) is 4.86. The van der Waals surface area contributed by atoms with Crippen LogP contribution in [0.15, 0.2) is 18.2 Å². The summed E-state index contributed by atoms with van der Waals surface area (Å²) in [6.07, 6.45) is 0.450. The number of carbonyl (C=O) groups is 2. The SMILES string of the molecule is NC(=O)COc1cccc(O)c1C=O. The van der Waals surface area contributed by atoms with E-state index < -0.39 is 5.91 Å². The Morgan fingerprint density at radius 3 is 2.86 bits per heavy atom. The van der Waals surface area contributed by atoms with Crippen LogP contribution >= 0.6 is 0 Å². The number of ether oxygens (including phenoxy) is 1. The summed E-state index contributed by atoms with van der Waals surface area (Å²) in [4.78, 5) is 20.9. The molecule has 1 rings (SSSR count). The van der Waals surface area contributed by atoms with Crippen molar-refractivity contribution in [3.8, 4) is 11.5 Å². The number of phenols is 1. The van der Waals surface area contributed by atoms with Crippen LogP contribution in [0.3, 0.4) is 0 Å². The molecule has 5 heteroatoms. The Kier molecular flexibility index (Phi) is 3.06. The van der Waals surface area contributed by atoms with Crippen LogP contribution in [0.2, 0.25) is 0 Å². The van der Waals surface area contributed by atoms with Gasteiger partial charge in [0.25, 0.3) is 5.91 Å². The summed E-state index contributed by atoms with van der Waals surface area (Å²) in [6, 6.07) is 4.31. The predicted molar refractivity (Wildman–Crippen MR) is 48.2 cm³/mol. The fourth-order valence-electron chi connectivity index (χ4n) is 0.926. The van der Waals surface area contributed by atoms with Gasteiger partial charge < -0.3 is 15.6 Å². The van der Waals surface area contributed by atoms with Crippen LogP contribution in [0.5, 0.6) is 11.5 Å². The second-order valence-electron chi connectivity index (χ2n) is 2.56. The van der Waals surface area contributed by atoms with Crippen molar-refractivity contribution in [1.82, 2.24) is 0 Å². The summed E-state index contributed by atoms with van der Waals surface area (Å²) < 4.78 is 4.90. The second-order valence-corrected chi connectivity index (χ2v) is 2.56. The van der Waals surface area contributed by atoms with Crippen LogP contribution in [0, 0.1) is 0 Å². The van der Waals surface area contributed by atoms with E-state index in [-0.39, 0.29) is 23.7 Å². The second kappa shape index (κ2) is 4.27. The van der Waals surface area contributed by atoms with E-state index >= 15 is 0 Å². The fraction of sp³-hybridized carbons (Fsp3) is 0.111. The molecule has 5 nitrogen and oxygen atoms in total. The van der Waals surface area contributed by atoms with E-state index in [9.17, 15) is 14.7 Å². The highest BCUT2D eigenvalue weighted by molar-refractivity contribution is 5.83. The van der Waals surface area contributed by atoms with E-state index in [0.29, 0.717) is 6.29 Å². The quantitative estimate of drug-likeness (QED) is 0.665. The molecule has 0 radical (unpaired) electrons. The highest BCUT2D eigenvalue weighted by Crippen LogP contribution is 2.25. The Bertz CT molecular complexity index is 362. The summed E-state index contributed by atoms with van der Waals surface area (Å²) in [5, 5.41) is 9.23. The van der Waals surface area contributed by atoms with Crippen molar-refractivity contribution in [2.24, 2.45) is 5.73 Å². The number of nitrogens with two attached hydrogens (primary N) is 1. The molecule has 0 heterocycles. The molecule has 14 heavy (non-hydrogen) atoms. The monoisotopic (exact) mass is 195 g/mol. The lowest BCUT2D eigenvalue weighted by molar-refractivity contribution is -0.119. The summed E-state index contributed by atoms with van der Waals surface area (Å²) in [7, 11) is 0. The van der Waals surface area contributed by atoms with E-state index in [1.165, 1.54) is 18.2 Å². The van der Waals surface area contributed by atoms with Crippen LogP contribution in [0.25, 0.3) is 0 Å². The first kappa shape index (κ1) is 10.0. The minimum atomic E-state index is -0.648. The molecular formula is C9H9NO4. The van der Waals surface area contributed by atoms with Crippen LogP contribution in [-0.4, -0.2) is 23.9 Å². The van der Waals surface area contributed by atoms with E-state index in [0.717, 1.165) is 0 Å². The Morgan fingerprint density at radius 1 is 1.57 bits per heavy atom. The van der Waals surface area contributed by atoms with Crippen LogP contribution < -0.4 is 10.5 Å². The topological polar surface area (TPSA) is 89.6 Å². The molecule has 0 aliphatic rings. The molecule has 3 N–H and O–H groups in total. The number of carbonyl (C=O) groups excluding carboxylic acids is 2. The van der Waals surface area contributed by atoms with Crippen molar-refractivity contribution >= 4 is 12.2 Å². The first-order valence-electron chi connectivity index (χ1n) is 3.83. The van der Waals surface area contributed by atoms with Gasteiger partial charge in [0.05, 0.1) is 5.56 Å². The number of benzene rings is 1. The zero-order chi connectivity index (χ0) is 10.6. The van der Waals surface area contributed by atoms with Gasteiger partial charge in [-0.3, -0.25) is 9.59 Å². The fourth-order valence-corrected chi connectivity index (χ4v) is 0.926. The summed E-state index contributed by atoms with van der Waals surface area (Å²) in [6.45, 7) is -0.329. The van der Waals surface area contributed by atoms with Gasteiger partial charge in [-0.25, -0.2) is 0 Å². The maximum atomic E-state index is 10.5. The Hall–Kier alpha value is -2.04. The lowest BCUT2D eigenvalue weighted by Crippen LogP contribution is -2.20. The molecular weight excluding hydrogens is 186 g/mol. The van der Waals surface area contributed by atoms with E-state index in [1.54, 1.807) is 0 Å². The summed E-state index contributed by atoms with van der Waals surface area (Å²) >= 11 is 0. The first-order chi connectivity index (χ1) is 6.65. The molecule has 1 aromatic rings. The average molecular weight is 195 g/mol. The maximum absolute atomic E-state index is 10.5. The third-order valence-electron chi connectivity index (χ3n) is 1.53. The van der Waals surface area contributed by atoms with Crippen LogP contribution in [0.4, 0.5) is 0 Å². The van der Waals surface area contributed by atoms with Gasteiger partial charge >= 0.3 is 0 Å². The molecule has 0 saturated heterocycles. The molecule has 74 valence electrons. The third-order valence-corrected chi connectivity index (χ3v) is 1.53. The van der Waals surface area contributed by atoms with Crippen molar-refractivity contribution in [1.29, 1.82) is 0 Å². The van der Waals surface area contributed by atoms with Gasteiger partial charge in [0.2, 0.25) is 0 Å². The average Bonchev–Trinajstić information content (AvgIpc) is 2.14. The number of hydrogen-bond donors (Lipinski definition) is 2. The standard InChI is InChI=1S/C9H9NO4/c10-9(13)5-14-8-3-1-2-7(12)6(8)4-11/h1-4,12H,5H2,(H2,10,13). The first-order valence-corrected chi connectivity index (χ1v) is 3.83. The molecule has 0 atom stereocenters. The smallest absolute Gasteiger partial charge is 0.255 e. The molecule has 0 aliphatic heterocycles. The zero-order valence-electron chi connectivity index (χ0n) is 7.27. The lowest BCUT2D eigenvalue weighted by atomic mass is 10.2. The highest BCUT2D eigenvalue weighted by atomic mass is 16.5. The molecule has 1 aromatic carbocycles. The minimum absolute atomic E-state index is 0.00810. The van der Waals surface area contributed by atoms with E-state index in [4.69, 9.17) is 10.5 Å². The number of primary amides is 1. The van der Waals surface area contributed by atoms with Crippen LogP contribution in [0.1, 0.15) is 10.4 Å². The number of aromatic hydroxyl groups is 1. The van der Waals surface area contributed by atoms with Crippen molar-refractivity contribution in [3.05, 3.63) is 23.8 Å². The number of hydrogen-bond acceptors (Lipinski definition) is 4. The Balaban J connectivity index is 2.90. The number of aldehydes is 1. The third kappa shape index (κ3) is 2.22. The number of phenolic OH excluding ortho intramolecular Hbond substituents is 1. The normalized spacial score (nSPS) is 9.43. The molecule has 0 unspecified atom stereocenters. The molecule has 0 aliphatic carbocycles. The molecule has 0 bridgehead atoms. The Morgan fingerprint density at radius 2 is 2.29 bits per heavy atom. The van der Waals surface area contributed by atoms with Crippen LogP contribution in [-0.2, 0) is 4.79 Å². The van der Waals surface area contributed by atoms with Gasteiger partial charge in [0.1, 0.15) is 11.5 Å². The van der Waals surface area contributed by atoms with Crippen molar-refractivity contribution in [2.75, 3.05) is 6.61 Å². The largest absolute Gasteiger partial charge is 0.507 e. The van der Waals surface area contributed by atoms with Gasteiger partial charge in [-0.15, -0.1) is 0 Å². The molecule has 0 spiro atoms. The maximum Gasteiger partial charge on any atom is 0.255 e. The van der Waals surface area contributed by atoms with E-state index in [1.807, 2.05) is 0 Å². The van der Waals surface area contributed by atoms with Gasteiger partial charge in [0.15, 0.2) is 12.9 Å². The molecule has 0 saturated carbocycles. The summed E-state index contributed by atoms with van der Waals surface area (Å²) in [5.74, 6) is -0.703. The van der Waals surface area contributed by atoms with Gasteiger partial charge in [0, 0.05) is 0 Å². The van der Waals surface area contributed by atoms with Crippen molar-refractivity contribution in [3.63, 3.8) is 0 Å². The van der Waals surface area contributed by atoms with E-state index in [2.05, 4.69) is 0 Å². The Labute approximate surface area is 80.1 Å². The zero-order valence-corrected chi connectivity index (χ0v) is 7.27. The van der Waals surface area contributed by atoms with Crippen molar-refractivity contribution < 1.29 is 19.4 Å².